The normalized spacial score (nSPS) is 10.6. The third-order valence-corrected chi connectivity index (χ3v) is 3.12. The van der Waals surface area contributed by atoms with Crippen molar-refractivity contribution in [1.29, 1.82) is 0 Å². The van der Waals surface area contributed by atoms with Gasteiger partial charge in [-0.1, -0.05) is 0 Å². The maximum atomic E-state index is 5.57. The van der Waals surface area contributed by atoms with Crippen molar-refractivity contribution < 1.29 is 4.74 Å². The molecule has 0 aromatic carbocycles. The van der Waals surface area contributed by atoms with Gasteiger partial charge in [-0.15, -0.1) is 5.10 Å². The van der Waals surface area contributed by atoms with Crippen LogP contribution in [-0.4, -0.2) is 14.2 Å². The first-order chi connectivity index (χ1) is 7.16. The van der Waals surface area contributed by atoms with Crippen LogP contribution in [0.15, 0.2) is 12.3 Å². The van der Waals surface area contributed by atoms with Crippen LogP contribution in [0.3, 0.4) is 0 Å². The quantitative estimate of drug-likeness (QED) is 0.799. The Morgan fingerprint density at radius 1 is 1.47 bits per heavy atom. The minimum atomic E-state index is 0.547. The van der Waals surface area contributed by atoms with E-state index < -0.39 is 0 Å². The Bertz CT molecular complexity index is 441. The number of nitrogens with zero attached hydrogens (tertiary/aromatic N) is 3. The molecule has 0 N–H and O–H groups in total. The standard InChI is InChI=1S/C10H13N3OS/c1-7-9(8(2)15-12-7)6-14-10-4-5-13(3)11-10/h4-5H,6H2,1-3H3. The summed E-state index contributed by atoms with van der Waals surface area (Å²) >= 11 is 1.52. The van der Waals surface area contributed by atoms with Gasteiger partial charge in [-0.25, -0.2) is 0 Å². The Kier molecular flexibility index (Phi) is 2.73. The third kappa shape index (κ3) is 2.18. The van der Waals surface area contributed by atoms with E-state index in [0.29, 0.717) is 12.5 Å². The van der Waals surface area contributed by atoms with E-state index in [1.165, 1.54) is 22.0 Å². The van der Waals surface area contributed by atoms with Crippen molar-refractivity contribution in [1.82, 2.24) is 14.2 Å². The van der Waals surface area contributed by atoms with E-state index in [1.807, 2.05) is 26.2 Å². The highest BCUT2D eigenvalue weighted by Gasteiger charge is 2.08. The molecule has 0 radical (unpaired) electrons. The van der Waals surface area contributed by atoms with E-state index in [2.05, 4.69) is 16.4 Å². The van der Waals surface area contributed by atoms with E-state index in [0.717, 1.165) is 5.69 Å². The molecule has 0 aliphatic heterocycles. The fourth-order valence-corrected chi connectivity index (χ4v) is 2.03. The molecule has 2 aromatic rings. The predicted octanol–water partition coefficient (Wildman–Crippen LogP) is 2.07. The smallest absolute Gasteiger partial charge is 0.233 e. The van der Waals surface area contributed by atoms with Crippen LogP contribution >= 0.6 is 11.5 Å². The van der Waals surface area contributed by atoms with E-state index in [1.54, 1.807) is 4.68 Å². The van der Waals surface area contributed by atoms with Crippen molar-refractivity contribution in [3.05, 3.63) is 28.4 Å². The van der Waals surface area contributed by atoms with Crippen LogP contribution in [0.1, 0.15) is 16.1 Å². The predicted molar refractivity (Wildman–Crippen MR) is 59.1 cm³/mol. The monoisotopic (exact) mass is 223 g/mol. The number of hydrogen-bond acceptors (Lipinski definition) is 4. The molecule has 0 aliphatic rings. The summed E-state index contributed by atoms with van der Waals surface area (Å²) in [5.41, 5.74) is 2.22. The lowest BCUT2D eigenvalue weighted by Gasteiger charge is -2.02. The zero-order valence-electron chi connectivity index (χ0n) is 9.02. The van der Waals surface area contributed by atoms with Gasteiger partial charge in [-0.2, -0.15) is 4.37 Å². The molecule has 2 heterocycles. The first-order valence-corrected chi connectivity index (χ1v) is 5.48. The second-order valence-electron chi connectivity index (χ2n) is 3.42. The first-order valence-electron chi connectivity index (χ1n) is 4.71. The lowest BCUT2D eigenvalue weighted by atomic mass is 10.2. The molecular formula is C10H13N3OS. The molecule has 0 bridgehead atoms. The summed E-state index contributed by atoms with van der Waals surface area (Å²) in [6, 6.07) is 1.85. The lowest BCUT2D eigenvalue weighted by Crippen LogP contribution is -1.98. The molecule has 0 spiro atoms. The summed E-state index contributed by atoms with van der Waals surface area (Å²) in [7, 11) is 1.87. The van der Waals surface area contributed by atoms with Gasteiger partial charge >= 0.3 is 0 Å². The Morgan fingerprint density at radius 3 is 2.80 bits per heavy atom. The molecule has 0 saturated heterocycles. The van der Waals surface area contributed by atoms with Gasteiger partial charge in [0.25, 0.3) is 0 Å². The van der Waals surface area contributed by atoms with Crippen molar-refractivity contribution in [3.8, 4) is 5.88 Å². The van der Waals surface area contributed by atoms with Gasteiger partial charge in [-0.3, -0.25) is 4.68 Å². The molecule has 2 aromatic heterocycles. The minimum absolute atomic E-state index is 0.547. The second-order valence-corrected chi connectivity index (χ2v) is 4.40. The van der Waals surface area contributed by atoms with Gasteiger partial charge in [0.15, 0.2) is 0 Å². The van der Waals surface area contributed by atoms with Gasteiger partial charge in [0, 0.05) is 29.8 Å². The maximum Gasteiger partial charge on any atom is 0.233 e. The summed E-state index contributed by atoms with van der Waals surface area (Å²) in [5.74, 6) is 0.655. The molecule has 0 saturated carbocycles. The summed E-state index contributed by atoms with van der Waals surface area (Å²) < 4.78 is 11.6. The lowest BCUT2D eigenvalue weighted by molar-refractivity contribution is 0.289. The summed E-state index contributed by atoms with van der Waals surface area (Å²) in [6.07, 6.45) is 1.86. The largest absolute Gasteiger partial charge is 0.472 e. The van der Waals surface area contributed by atoms with Crippen LogP contribution in [0.25, 0.3) is 0 Å². The molecule has 0 aliphatic carbocycles. The van der Waals surface area contributed by atoms with Crippen molar-refractivity contribution in [2.24, 2.45) is 7.05 Å². The highest BCUT2D eigenvalue weighted by molar-refractivity contribution is 7.05. The van der Waals surface area contributed by atoms with Crippen LogP contribution in [0.5, 0.6) is 5.88 Å². The van der Waals surface area contributed by atoms with Gasteiger partial charge < -0.3 is 4.74 Å². The number of ether oxygens (including phenoxy) is 1. The first kappa shape index (κ1) is 10.2. The third-order valence-electron chi connectivity index (χ3n) is 2.23. The molecule has 15 heavy (non-hydrogen) atoms. The SMILES string of the molecule is Cc1nsc(C)c1COc1ccn(C)n1. The highest BCUT2D eigenvalue weighted by atomic mass is 32.1. The second kappa shape index (κ2) is 4.02. The van der Waals surface area contributed by atoms with Crippen molar-refractivity contribution >= 4 is 11.5 Å². The molecule has 4 nitrogen and oxygen atoms in total. The van der Waals surface area contributed by atoms with Crippen LogP contribution in [0.2, 0.25) is 0 Å². The maximum absolute atomic E-state index is 5.57. The Labute approximate surface area is 92.7 Å². The average molecular weight is 223 g/mol. The van der Waals surface area contributed by atoms with Crippen molar-refractivity contribution in [2.75, 3.05) is 0 Å². The van der Waals surface area contributed by atoms with Gasteiger partial charge in [0.1, 0.15) is 6.61 Å². The molecule has 80 valence electrons. The molecule has 0 fully saturated rings. The van der Waals surface area contributed by atoms with Crippen LogP contribution in [-0.2, 0) is 13.7 Å². The van der Waals surface area contributed by atoms with Crippen LogP contribution < -0.4 is 4.74 Å². The van der Waals surface area contributed by atoms with Crippen molar-refractivity contribution in [2.45, 2.75) is 20.5 Å². The van der Waals surface area contributed by atoms with Gasteiger partial charge in [0.05, 0.1) is 5.69 Å². The topological polar surface area (TPSA) is 39.9 Å². The number of hydrogen-bond donors (Lipinski definition) is 0. The summed E-state index contributed by atoms with van der Waals surface area (Å²) in [5, 5.41) is 4.15. The molecule has 0 atom stereocenters. The zero-order chi connectivity index (χ0) is 10.8. The van der Waals surface area contributed by atoms with E-state index in [4.69, 9.17) is 4.74 Å². The Balaban J connectivity index is 2.05. The van der Waals surface area contributed by atoms with Crippen molar-refractivity contribution in [3.63, 3.8) is 0 Å². The fourth-order valence-electron chi connectivity index (χ4n) is 1.32. The molecular weight excluding hydrogens is 210 g/mol. The summed E-state index contributed by atoms with van der Waals surface area (Å²) in [6.45, 7) is 4.60. The molecule has 0 unspecified atom stereocenters. The van der Waals surface area contributed by atoms with Gasteiger partial charge in [-0.05, 0) is 25.4 Å². The molecule has 5 heteroatoms. The van der Waals surface area contributed by atoms with E-state index >= 15 is 0 Å². The Hall–Kier alpha value is -1.36. The Morgan fingerprint density at radius 2 is 2.27 bits per heavy atom. The van der Waals surface area contributed by atoms with E-state index in [9.17, 15) is 0 Å². The minimum Gasteiger partial charge on any atom is -0.472 e. The highest BCUT2D eigenvalue weighted by Crippen LogP contribution is 2.18. The summed E-state index contributed by atoms with van der Waals surface area (Å²) in [4.78, 5) is 1.21. The number of aryl methyl sites for hydroxylation is 3. The fraction of sp³-hybridized carbons (Fsp3) is 0.400. The molecule has 2 rings (SSSR count). The number of aromatic nitrogens is 3. The zero-order valence-corrected chi connectivity index (χ0v) is 9.84. The number of rotatable bonds is 3. The van der Waals surface area contributed by atoms with Crippen LogP contribution in [0, 0.1) is 13.8 Å². The molecule has 0 amide bonds. The van der Waals surface area contributed by atoms with Gasteiger partial charge in [0.2, 0.25) is 5.88 Å². The average Bonchev–Trinajstić information content (AvgIpc) is 2.73. The van der Waals surface area contributed by atoms with Crippen LogP contribution in [0.4, 0.5) is 0 Å². The van der Waals surface area contributed by atoms with E-state index in [-0.39, 0.29) is 0 Å².